The van der Waals surface area contributed by atoms with Gasteiger partial charge in [-0.2, -0.15) is 11.8 Å². The van der Waals surface area contributed by atoms with E-state index >= 15 is 0 Å². The Kier molecular flexibility index (Phi) is 10.4. The highest BCUT2D eigenvalue weighted by Crippen LogP contribution is 2.35. The van der Waals surface area contributed by atoms with E-state index in [9.17, 15) is 4.79 Å². The van der Waals surface area contributed by atoms with Crippen LogP contribution in [0.15, 0.2) is 0 Å². The van der Waals surface area contributed by atoms with Crippen LogP contribution >= 0.6 is 11.8 Å². The first-order chi connectivity index (χ1) is 9.04. The molecule has 3 nitrogen and oxygen atoms in total. The van der Waals surface area contributed by atoms with E-state index in [0.717, 1.165) is 19.3 Å². The number of rotatable bonds is 5. The summed E-state index contributed by atoms with van der Waals surface area (Å²) in [4.78, 5) is 11.7. The number of thioether (sulfide) groups is 1. The van der Waals surface area contributed by atoms with Crippen LogP contribution in [0.5, 0.6) is 0 Å². The van der Waals surface area contributed by atoms with Crippen molar-refractivity contribution in [3.8, 4) is 0 Å². The van der Waals surface area contributed by atoms with E-state index in [1.54, 1.807) is 11.8 Å². The number of esters is 1. The first kappa shape index (κ1) is 18.8. The van der Waals surface area contributed by atoms with Crippen molar-refractivity contribution in [1.82, 2.24) is 0 Å². The van der Waals surface area contributed by atoms with Crippen molar-refractivity contribution in [3.63, 3.8) is 0 Å². The highest BCUT2D eigenvalue weighted by molar-refractivity contribution is 7.99. The zero-order chi connectivity index (χ0) is 14.8. The van der Waals surface area contributed by atoms with Gasteiger partial charge in [0.15, 0.2) is 0 Å². The molecular formula is C15H30O3S. The molecule has 0 aliphatic heterocycles. The third-order valence-electron chi connectivity index (χ3n) is 3.67. The Morgan fingerprint density at radius 1 is 1.37 bits per heavy atom. The maximum absolute atomic E-state index is 11.7. The predicted octanol–water partition coefficient (Wildman–Crippen LogP) is 3.35. The number of carbonyl (C=O) groups excluding carboxylic acids is 1. The summed E-state index contributed by atoms with van der Waals surface area (Å²) < 4.78 is 5.68. The molecule has 0 bridgehead atoms. The molecule has 19 heavy (non-hydrogen) atoms. The number of hydrogen-bond donors (Lipinski definition) is 1. The molecule has 1 saturated carbocycles. The van der Waals surface area contributed by atoms with Crippen LogP contribution in [-0.4, -0.2) is 35.8 Å². The average Bonchev–Trinajstić information content (AvgIpc) is 2.38. The topological polar surface area (TPSA) is 46.5 Å². The van der Waals surface area contributed by atoms with Crippen LogP contribution in [0.1, 0.15) is 47.0 Å². The third-order valence-corrected chi connectivity index (χ3v) is 4.52. The van der Waals surface area contributed by atoms with Crippen molar-refractivity contribution in [1.29, 1.82) is 0 Å². The molecule has 4 heteroatoms. The quantitative estimate of drug-likeness (QED) is 0.789. The Morgan fingerprint density at radius 3 is 2.53 bits per heavy atom. The van der Waals surface area contributed by atoms with Crippen LogP contribution in [0, 0.1) is 17.8 Å². The van der Waals surface area contributed by atoms with E-state index in [1.807, 2.05) is 0 Å². The van der Waals surface area contributed by atoms with Crippen molar-refractivity contribution in [2.75, 3.05) is 18.6 Å². The molecule has 0 amide bonds. The van der Waals surface area contributed by atoms with E-state index in [1.165, 1.54) is 12.8 Å². The Bertz CT molecular complexity index is 244. The highest BCUT2D eigenvalue weighted by Gasteiger charge is 2.33. The van der Waals surface area contributed by atoms with Crippen molar-refractivity contribution in [2.24, 2.45) is 17.8 Å². The molecule has 1 fully saturated rings. The zero-order valence-electron chi connectivity index (χ0n) is 13.0. The lowest BCUT2D eigenvalue weighted by atomic mass is 9.75. The Morgan fingerprint density at radius 2 is 2.00 bits per heavy atom. The maximum atomic E-state index is 11.7. The maximum Gasteiger partial charge on any atom is 0.316 e. The molecule has 0 heterocycles. The van der Waals surface area contributed by atoms with Gasteiger partial charge in [-0.05, 0) is 36.3 Å². The molecule has 1 N–H and O–H groups in total. The molecule has 3 atom stereocenters. The van der Waals surface area contributed by atoms with Crippen LogP contribution in [0.25, 0.3) is 0 Å². The smallest absolute Gasteiger partial charge is 0.316 e. The zero-order valence-corrected chi connectivity index (χ0v) is 13.8. The minimum absolute atomic E-state index is 0.0263. The molecule has 0 spiro atoms. The lowest BCUT2D eigenvalue weighted by Gasteiger charge is -2.36. The second kappa shape index (κ2) is 10.6. The second-order valence-corrected chi connectivity index (χ2v) is 6.77. The fraction of sp³-hybridized carbons (Fsp3) is 0.933. The molecule has 0 aromatic carbocycles. The summed E-state index contributed by atoms with van der Waals surface area (Å²) >= 11 is 1.64. The van der Waals surface area contributed by atoms with Gasteiger partial charge in [-0.1, -0.05) is 34.1 Å². The van der Waals surface area contributed by atoms with Gasteiger partial charge in [0.1, 0.15) is 6.10 Å². The van der Waals surface area contributed by atoms with E-state index in [0.29, 0.717) is 23.5 Å². The number of hydrogen-bond acceptors (Lipinski definition) is 4. The SMILES string of the molecule is CCSCC(=O)O[C@@H]1C[C@H](C)CC[C@H]1C(C)C.CO. The lowest BCUT2D eigenvalue weighted by molar-refractivity contribution is -0.152. The second-order valence-electron chi connectivity index (χ2n) is 5.49. The fourth-order valence-corrected chi connectivity index (χ4v) is 3.08. The number of ether oxygens (including phenoxy) is 1. The molecule has 0 unspecified atom stereocenters. The summed E-state index contributed by atoms with van der Waals surface area (Å²) in [6, 6.07) is 0. The van der Waals surface area contributed by atoms with Gasteiger partial charge in [0.05, 0.1) is 5.75 Å². The van der Waals surface area contributed by atoms with Crippen molar-refractivity contribution in [2.45, 2.75) is 53.1 Å². The number of aliphatic hydroxyl groups excluding tert-OH is 1. The molecule has 114 valence electrons. The normalized spacial score (nSPS) is 26.6. The van der Waals surface area contributed by atoms with Gasteiger partial charge in [-0.25, -0.2) is 0 Å². The summed E-state index contributed by atoms with van der Waals surface area (Å²) in [7, 11) is 1.00. The van der Waals surface area contributed by atoms with Crippen LogP contribution in [0.4, 0.5) is 0 Å². The number of aliphatic hydroxyl groups is 1. The fourth-order valence-electron chi connectivity index (χ4n) is 2.64. The minimum atomic E-state index is -0.0263. The van der Waals surface area contributed by atoms with Gasteiger partial charge in [0, 0.05) is 7.11 Å². The summed E-state index contributed by atoms with van der Waals surface area (Å²) in [6.45, 7) is 8.81. The van der Waals surface area contributed by atoms with E-state index < -0.39 is 0 Å². The standard InChI is InChI=1S/C14H26O2S.CH4O/c1-5-17-9-14(15)16-13-8-11(4)6-7-12(13)10(2)3;1-2/h10-13H,5-9H2,1-4H3;2H,1H3/t11-,12+,13-;/m1./s1. The summed E-state index contributed by atoms with van der Waals surface area (Å²) in [5.74, 6) is 3.32. The summed E-state index contributed by atoms with van der Waals surface area (Å²) in [5, 5.41) is 7.00. The molecule has 0 radical (unpaired) electrons. The summed E-state index contributed by atoms with van der Waals surface area (Å²) in [6.07, 6.45) is 3.69. The van der Waals surface area contributed by atoms with Gasteiger partial charge in [-0.3, -0.25) is 4.79 Å². The molecular weight excluding hydrogens is 260 g/mol. The van der Waals surface area contributed by atoms with Gasteiger partial charge >= 0.3 is 5.97 Å². The third kappa shape index (κ3) is 7.21. The minimum Gasteiger partial charge on any atom is -0.461 e. The molecule has 1 aliphatic rings. The van der Waals surface area contributed by atoms with Gasteiger partial charge in [0.2, 0.25) is 0 Å². The molecule has 0 saturated heterocycles. The van der Waals surface area contributed by atoms with Crippen LogP contribution in [0.3, 0.4) is 0 Å². The first-order valence-electron chi connectivity index (χ1n) is 7.26. The largest absolute Gasteiger partial charge is 0.461 e. The monoisotopic (exact) mass is 290 g/mol. The van der Waals surface area contributed by atoms with Gasteiger partial charge < -0.3 is 9.84 Å². The Balaban J connectivity index is 0.00000154. The highest BCUT2D eigenvalue weighted by atomic mass is 32.2. The van der Waals surface area contributed by atoms with E-state index in [2.05, 4.69) is 27.7 Å². The van der Waals surface area contributed by atoms with Gasteiger partial charge in [-0.15, -0.1) is 0 Å². The molecule has 1 rings (SSSR count). The van der Waals surface area contributed by atoms with E-state index in [4.69, 9.17) is 9.84 Å². The first-order valence-corrected chi connectivity index (χ1v) is 8.42. The van der Waals surface area contributed by atoms with E-state index in [-0.39, 0.29) is 12.1 Å². The molecule has 1 aliphatic carbocycles. The van der Waals surface area contributed by atoms with Crippen LogP contribution in [-0.2, 0) is 9.53 Å². The summed E-state index contributed by atoms with van der Waals surface area (Å²) in [5.41, 5.74) is 0. The van der Waals surface area contributed by atoms with Crippen molar-refractivity contribution >= 4 is 17.7 Å². The van der Waals surface area contributed by atoms with Crippen LogP contribution in [0.2, 0.25) is 0 Å². The Labute approximate surface area is 122 Å². The van der Waals surface area contributed by atoms with Crippen molar-refractivity contribution < 1.29 is 14.6 Å². The van der Waals surface area contributed by atoms with Gasteiger partial charge in [0.25, 0.3) is 0 Å². The average molecular weight is 290 g/mol. The molecule has 0 aromatic rings. The van der Waals surface area contributed by atoms with Crippen LogP contribution < -0.4 is 0 Å². The molecule has 0 aromatic heterocycles. The Hall–Kier alpha value is -0.220. The van der Waals surface area contributed by atoms with Crippen molar-refractivity contribution in [3.05, 3.63) is 0 Å². The number of carbonyl (C=O) groups is 1. The predicted molar refractivity (Wildman–Crippen MR) is 82.4 cm³/mol. The lowest BCUT2D eigenvalue weighted by Crippen LogP contribution is -2.36.